The average molecular weight is 254 g/mol. The van der Waals surface area contributed by atoms with Crippen molar-refractivity contribution in [1.29, 1.82) is 0 Å². The third-order valence-corrected chi connectivity index (χ3v) is 2.60. The summed E-state index contributed by atoms with van der Waals surface area (Å²) >= 11 is 0. The molecule has 0 fully saturated rings. The van der Waals surface area contributed by atoms with Gasteiger partial charge in [-0.15, -0.1) is 0 Å². The van der Waals surface area contributed by atoms with Crippen LogP contribution in [0.3, 0.4) is 0 Å². The van der Waals surface area contributed by atoms with Gasteiger partial charge in [0.15, 0.2) is 0 Å². The largest absolute Gasteiger partial charge is 0.478 e. The Morgan fingerprint density at radius 3 is 2.42 bits per heavy atom. The lowest BCUT2D eigenvalue weighted by atomic mass is 10.1. The quantitative estimate of drug-likeness (QED) is 0.828. The summed E-state index contributed by atoms with van der Waals surface area (Å²) < 4.78 is 5.68. The van der Waals surface area contributed by atoms with Gasteiger partial charge in [-0.2, -0.15) is 0 Å². The highest BCUT2D eigenvalue weighted by molar-refractivity contribution is 5.86. The first-order chi connectivity index (χ1) is 9.15. The number of para-hydroxylation sites is 1. The molecule has 19 heavy (non-hydrogen) atoms. The zero-order valence-electron chi connectivity index (χ0n) is 10.4. The first kappa shape index (κ1) is 12.9. The summed E-state index contributed by atoms with van der Waals surface area (Å²) in [4.78, 5) is 10.7. The summed E-state index contributed by atoms with van der Waals surface area (Å²) in [6.07, 6.45) is 0.307. The molecule has 0 aliphatic rings. The fourth-order valence-electron chi connectivity index (χ4n) is 1.67. The number of hydrogen-bond donors (Lipinski definition) is 1. The predicted molar refractivity (Wildman–Crippen MR) is 73.4 cm³/mol. The van der Waals surface area contributed by atoms with Gasteiger partial charge in [0.1, 0.15) is 11.5 Å². The highest BCUT2D eigenvalue weighted by Gasteiger charge is 2.06. The van der Waals surface area contributed by atoms with Crippen LogP contribution < -0.4 is 4.74 Å². The summed E-state index contributed by atoms with van der Waals surface area (Å²) in [6.45, 7) is 3.52. The molecule has 0 spiro atoms. The highest BCUT2D eigenvalue weighted by Crippen LogP contribution is 2.22. The van der Waals surface area contributed by atoms with Crippen LogP contribution in [0.1, 0.15) is 5.56 Å². The van der Waals surface area contributed by atoms with Crippen molar-refractivity contribution < 1.29 is 14.6 Å². The second kappa shape index (κ2) is 5.87. The van der Waals surface area contributed by atoms with Crippen molar-refractivity contribution in [2.45, 2.75) is 6.42 Å². The van der Waals surface area contributed by atoms with Crippen molar-refractivity contribution in [3.05, 3.63) is 72.3 Å². The molecule has 0 heterocycles. The summed E-state index contributed by atoms with van der Waals surface area (Å²) in [7, 11) is 0. The topological polar surface area (TPSA) is 46.5 Å². The minimum atomic E-state index is -0.977. The van der Waals surface area contributed by atoms with Crippen LogP contribution in [0.4, 0.5) is 0 Å². The highest BCUT2D eigenvalue weighted by atomic mass is 16.5. The minimum absolute atomic E-state index is 0.164. The molecule has 0 aliphatic carbocycles. The van der Waals surface area contributed by atoms with E-state index < -0.39 is 5.97 Å². The molecule has 2 aromatic rings. The van der Waals surface area contributed by atoms with E-state index in [0.717, 1.165) is 11.3 Å². The lowest BCUT2D eigenvalue weighted by Gasteiger charge is -2.07. The zero-order valence-corrected chi connectivity index (χ0v) is 10.4. The molecular formula is C16H14O3. The van der Waals surface area contributed by atoms with Crippen molar-refractivity contribution in [2.24, 2.45) is 0 Å². The molecular weight excluding hydrogens is 240 g/mol. The first-order valence-corrected chi connectivity index (χ1v) is 5.88. The molecule has 0 saturated carbocycles. The Morgan fingerprint density at radius 2 is 1.74 bits per heavy atom. The van der Waals surface area contributed by atoms with Gasteiger partial charge < -0.3 is 9.84 Å². The molecule has 0 aliphatic heterocycles. The van der Waals surface area contributed by atoms with E-state index in [0.29, 0.717) is 12.2 Å². The maximum atomic E-state index is 10.7. The van der Waals surface area contributed by atoms with Crippen LogP contribution in [-0.4, -0.2) is 11.1 Å². The molecule has 0 radical (unpaired) electrons. The number of carboxylic acids is 1. The predicted octanol–water partition coefficient (Wildman–Crippen LogP) is 3.66. The van der Waals surface area contributed by atoms with Gasteiger partial charge in [0, 0.05) is 12.0 Å². The molecule has 1 N–H and O–H groups in total. The smallest absolute Gasteiger partial charge is 0.331 e. The Morgan fingerprint density at radius 1 is 1.05 bits per heavy atom. The van der Waals surface area contributed by atoms with Gasteiger partial charge in [0.25, 0.3) is 0 Å². The maximum absolute atomic E-state index is 10.7. The Kier molecular flexibility index (Phi) is 3.98. The van der Waals surface area contributed by atoms with E-state index in [9.17, 15) is 4.79 Å². The minimum Gasteiger partial charge on any atom is -0.478 e. The van der Waals surface area contributed by atoms with Gasteiger partial charge in [0.05, 0.1) is 0 Å². The third kappa shape index (κ3) is 3.71. The number of rotatable bonds is 5. The van der Waals surface area contributed by atoms with E-state index in [4.69, 9.17) is 9.84 Å². The van der Waals surface area contributed by atoms with E-state index in [1.54, 1.807) is 0 Å². The molecule has 3 heteroatoms. The van der Waals surface area contributed by atoms with Crippen LogP contribution in [0.25, 0.3) is 0 Å². The van der Waals surface area contributed by atoms with Gasteiger partial charge in [-0.05, 0) is 29.8 Å². The van der Waals surface area contributed by atoms with Crippen molar-refractivity contribution in [3.8, 4) is 11.5 Å². The van der Waals surface area contributed by atoms with E-state index in [-0.39, 0.29) is 5.57 Å². The van der Waals surface area contributed by atoms with E-state index >= 15 is 0 Å². The second-order valence-electron chi connectivity index (χ2n) is 4.15. The Bertz CT molecular complexity index is 588. The molecule has 2 aromatic carbocycles. The number of benzene rings is 2. The van der Waals surface area contributed by atoms with E-state index in [2.05, 4.69) is 6.58 Å². The molecule has 0 aromatic heterocycles. The van der Waals surface area contributed by atoms with Crippen molar-refractivity contribution in [3.63, 3.8) is 0 Å². The van der Waals surface area contributed by atoms with Crippen LogP contribution in [0, 0.1) is 0 Å². The lowest BCUT2D eigenvalue weighted by molar-refractivity contribution is -0.132. The summed E-state index contributed by atoms with van der Waals surface area (Å²) in [5.41, 5.74) is 1.03. The Labute approximate surface area is 111 Å². The molecule has 0 saturated heterocycles. The van der Waals surface area contributed by atoms with Gasteiger partial charge in [0.2, 0.25) is 0 Å². The molecule has 96 valence electrons. The number of ether oxygens (including phenoxy) is 1. The van der Waals surface area contributed by atoms with Gasteiger partial charge in [-0.25, -0.2) is 4.79 Å². The van der Waals surface area contributed by atoms with Gasteiger partial charge in [-0.1, -0.05) is 36.9 Å². The standard InChI is InChI=1S/C16H14O3/c1-12(16(17)18)10-13-6-5-9-15(11-13)19-14-7-3-2-4-8-14/h2-9,11H,1,10H2,(H,17,18). The van der Waals surface area contributed by atoms with E-state index in [1.807, 2.05) is 54.6 Å². The fourth-order valence-corrected chi connectivity index (χ4v) is 1.67. The normalized spacial score (nSPS) is 9.89. The van der Waals surface area contributed by atoms with Crippen LogP contribution in [0.15, 0.2) is 66.7 Å². The summed E-state index contributed by atoms with van der Waals surface area (Å²) in [5, 5.41) is 8.82. The fraction of sp³-hybridized carbons (Fsp3) is 0.0625. The first-order valence-electron chi connectivity index (χ1n) is 5.88. The monoisotopic (exact) mass is 254 g/mol. The Hall–Kier alpha value is -2.55. The van der Waals surface area contributed by atoms with Gasteiger partial charge in [-0.3, -0.25) is 0 Å². The van der Waals surface area contributed by atoms with E-state index in [1.165, 1.54) is 0 Å². The van der Waals surface area contributed by atoms with Crippen molar-refractivity contribution in [1.82, 2.24) is 0 Å². The molecule has 3 nitrogen and oxygen atoms in total. The SMILES string of the molecule is C=C(Cc1cccc(Oc2ccccc2)c1)C(=O)O. The second-order valence-corrected chi connectivity index (χ2v) is 4.15. The van der Waals surface area contributed by atoms with Crippen molar-refractivity contribution in [2.75, 3.05) is 0 Å². The average Bonchev–Trinajstić information content (AvgIpc) is 2.40. The molecule has 0 bridgehead atoms. The third-order valence-electron chi connectivity index (χ3n) is 2.60. The number of carbonyl (C=O) groups is 1. The number of carboxylic acid groups (broad SMARTS) is 1. The maximum Gasteiger partial charge on any atom is 0.331 e. The summed E-state index contributed by atoms with van der Waals surface area (Å²) in [6, 6.07) is 16.8. The van der Waals surface area contributed by atoms with Crippen molar-refractivity contribution >= 4 is 5.97 Å². The number of hydrogen-bond acceptors (Lipinski definition) is 2. The molecule has 0 unspecified atom stereocenters. The number of aliphatic carboxylic acids is 1. The Balaban J connectivity index is 2.11. The van der Waals surface area contributed by atoms with Crippen LogP contribution >= 0.6 is 0 Å². The molecule has 2 rings (SSSR count). The summed E-state index contributed by atoms with van der Waals surface area (Å²) in [5.74, 6) is 0.452. The lowest BCUT2D eigenvalue weighted by Crippen LogP contribution is -2.02. The van der Waals surface area contributed by atoms with Crippen LogP contribution in [0.5, 0.6) is 11.5 Å². The molecule has 0 atom stereocenters. The molecule has 0 amide bonds. The van der Waals surface area contributed by atoms with Crippen LogP contribution in [0.2, 0.25) is 0 Å². The van der Waals surface area contributed by atoms with Gasteiger partial charge >= 0.3 is 5.97 Å². The van der Waals surface area contributed by atoms with Crippen LogP contribution in [-0.2, 0) is 11.2 Å². The zero-order chi connectivity index (χ0) is 13.7.